The molecular formula is C50H32N4O2. The highest BCUT2D eigenvalue weighted by Gasteiger charge is 2.19. The summed E-state index contributed by atoms with van der Waals surface area (Å²) in [6.45, 7) is 0. The summed E-state index contributed by atoms with van der Waals surface area (Å²) in [7, 11) is 0. The molecule has 0 saturated carbocycles. The molecule has 264 valence electrons. The summed E-state index contributed by atoms with van der Waals surface area (Å²) in [6.07, 6.45) is 0. The first-order valence-electron chi connectivity index (χ1n) is 18.6. The van der Waals surface area contributed by atoms with Gasteiger partial charge in [0.25, 0.3) is 0 Å². The number of hydrogen-bond donors (Lipinski definition) is 0. The van der Waals surface area contributed by atoms with Gasteiger partial charge in [0.15, 0.2) is 11.2 Å². The van der Waals surface area contributed by atoms with Gasteiger partial charge in [0.05, 0.1) is 11.0 Å². The molecule has 0 aliphatic rings. The van der Waals surface area contributed by atoms with E-state index in [4.69, 9.17) is 18.8 Å². The van der Waals surface area contributed by atoms with Gasteiger partial charge in [-0.2, -0.15) is 0 Å². The van der Waals surface area contributed by atoms with Gasteiger partial charge in [-0.3, -0.25) is 0 Å². The topological polar surface area (TPSA) is 60.2 Å². The van der Waals surface area contributed by atoms with E-state index in [2.05, 4.69) is 131 Å². The molecule has 0 atom stereocenters. The lowest BCUT2D eigenvalue weighted by atomic mass is 10.0. The molecule has 6 heteroatoms. The summed E-state index contributed by atoms with van der Waals surface area (Å²) in [5, 5.41) is 2.45. The van der Waals surface area contributed by atoms with Crippen molar-refractivity contribution in [3.63, 3.8) is 0 Å². The van der Waals surface area contributed by atoms with Gasteiger partial charge in [-0.25, -0.2) is 9.97 Å². The Morgan fingerprint density at radius 1 is 0.375 bits per heavy atom. The van der Waals surface area contributed by atoms with E-state index in [-0.39, 0.29) is 0 Å². The molecule has 0 radical (unpaired) electrons. The number of nitrogens with zero attached hydrogens (tertiary/aromatic N) is 4. The fourth-order valence-electron chi connectivity index (χ4n) is 7.77. The summed E-state index contributed by atoms with van der Waals surface area (Å²) in [5.74, 6) is 1.18. The Morgan fingerprint density at radius 3 is 1.70 bits per heavy atom. The SMILES string of the molecule is c1ccc(-c2nc3cc(N(c4ccc(-c5ccc6c(c5)c5ccccc5n6-c5ccccc5)cc4)c4ccc5nc(-c6ccccc6)oc5c4)ccc3o2)cc1. The van der Waals surface area contributed by atoms with Crippen LogP contribution in [0.25, 0.3) is 83.7 Å². The van der Waals surface area contributed by atoms with Crippen LogP contribution in [0.3, 0.4) is 0 Å². The van der Waals surface area contributed by atoms with Gasteiger partial charge in [0.1, 0.15) is 11.0 Å². The van der Waals surface area contributed by atoms with Crippen LogP contribution in [0.2, 0.25) is 0 Å². The van der Waals surface area contributed by atoms with Crippen LogP contribution in [0, 0.1) is 0 Å². The van der Waals surface area contributed by atoms with Crippen LogP contribution in [-0.2, 0) is 0 Å². The first-order chi connectivity index (χ1) is 27.7. The minimum Gasteiger partial charge on any atom is -0.436 e. The Morgan fingerprint density at radius 2 is 0.946 bits per heavy atom. The highest BCUT2D eigenvalue weighted by molar-refractivity contribution is 6.10. The van der Waals surface area contributed by atoms with Crippen molar-refractivity contribution in [3.05, 3.63) is 194 Å². The fourth-order valence-corrected chi connectivity index (χ4v) is 7.77. The van der Waals surface area contributed by atoms with E-state index in [1.807, 2.05) is 72.8 Å². The lowest BCUT2D eigenvalue weighted by molar-refractivity contribution is 0.619. The Hall–Kier alpha value is -7.70. The quantitative estimate of drug-likeness (QED) is 0.164. The molecule has 11 aromatic rings. The molecule has 11 rings (SSSR count). The van der Waals surface area contributed by atoms with Crippen LogP contribution in [0.4, 0.5) is 17.1 Å². The molecule has 0 unspecified atom stereocenters. The zero-order chi connectivity index (χ0) is 37.0. The Bertz CT molecular complexity index is 3070. The van der Waals surface area contributed by atoms with Crippen LogP contribution >= 0.6 is 0 Å². The lowest BCUT2D eigenvalue weighted by Gasteiger charge is -2.25. The molecule has 0 fully saturated rings. The molecule has 0 bridgehead atoms. The number of oxazole rings is 2. The largest absolute Gasteiger partial charge is 0.436 e. The molecule has 0 N–H and O–H groups in total. The Labute approximate surface area is 322 Å². The van der Waals surface area contributed by atoms with Crippen molar-refractivity contribution in [1.29, 1.82) is 0 Å². The van der Waals surface area contributed by atoms with Crippen molar-refractivity contribution >= 4 is 61.1 Å². The zero-order valence-corrected chi connectivity index (χ0v) is 30.1. The molecule has 0 saturated heterocycles. The summed E-state index contributed by atoms with van der Waals surface area (Å²) < 4.78 is 14.9. The molecule has 0 aliphatic heterocycles. The van der Waals surface area contributed by atoms with Crippen molar-refractivity contribution in [1.82, 2.24) is 14.5 Å². The summed E-state index contributed by atoms with van der Waals surface area (Å²) in [4.78, 5) is 11.9. The van der Waals surface area contributed by atoms with E-state index < -0.39 is 0 Å². The minimum absolute atomic E-state index is 0.592. The van der Waals surface area contributed by atoms with Crippen LogP contribution in [0.1, 0.15) is 0 Å². The van der Waals surface area contributed by atoms with Crippen molar-refractivity contribution in [2.75, 3.05) is 4.90 Å². The molecule has 0 amide bonds. The van der Waals surface area contributed by atoms with Gasteiger partial charge in [-0.05, 0) is 108 Å². The van der Waals surface area contributed by atoms with Gasteiger partial charge in [0, 0.05) is 50.7 Å². The third-order valence-corrected chi connectivity index (χ3v) is 10.4. The second-order valence-electron chi connectivity index (χ2n) is 13.9. The van der Waals surface area contributed by atoms with Crippen molar-refractivity contribution in [3.8, 4) is 39.7 Å². The van der Waals surface area contributed by atoms with E-state index in [1.54, 1.807) is 0 Å². The third kappa shape index (κ3) is 5.43. The molecule has 0 aliphatic carbocycles. The third-order valence-electron chi connectivity index (χ3n) is 10.4. The maximum Gasteiger partial charge on any atom is 0.227 e. The monoisotopic (exact) mass is 720 g/mol. The second kappa shape index (κ2) is 13.0. The normalized spacial score (nSPS) is 11.6. The number of rotatable bonds is 7. The van der Waals surface area contributed by atoms with E-state index in [9.17, 15) is 0 Å². The van der Waals surface area contributed by atoms with Gasteiger partial charge in [0.2, 0.25) is 11.8 Å². The van der Waals surface area contributed by atoms with E-state index in [0.717, 1.165) is 61.6 Å². The van der Waals surface area contributed by atoms with Crippen LogP contribution in [0.15, 0.2) is 203 Å². The highest BCUT2D eigenvalue weighted by Crippen LogP contribution is 2.40. The Balaban J connectivity index is 1.01. The molecule has 8 aromatic carbocycles. The van der Waals surface area contributed by atoms with Gasteiger partial charge < -0.3 is 18.3 Å². The van der Waals surface area contributed by atoms with Gasteiger partial charge in [-0.15, -0.1) is 0 Å². The average Bonchev–Trinajstić information content (AvgIpc) is 3.99. The first kappa shape index (κ1) is 31.8. The maximum atomic E-state index is 6.34. The molecule has 3 aromatic heterocycles. The van der Waals surface area contributed by atoms with E-state index >= 15 is 0 Å². The predicted octanol–water partition coefficient (Wildman–Crippen LogP) is 13.5. The van der Waals surface area contributed by atoms with Crippen molar-refractivity contribution < 1.29 is 8.83 Å². The van der Waals surface area contributed by atoms with Crippen molar-refractivity contribution in [2.24, 2.45) is 0 Å². The van der Waals surface area contributed by atoms with E-state index in [1.165, 1.54) is 21.8 Å². The van der Waals surface area contributed by atoms with Crippen LogP contribution in [-0.4, -0.2) is 14.5 Å². The Kier molecular flexibility index (Phi) is 7.38. The summed E-state index contributed by atoms with van der Waals surface area (Å²) in [6, 6.07) is 67.0. The van der Waals surface area contributed by atoms with Crippen molar-refractivity contribution in [2.45, 2.75) is 0 Å². The molecular weight excluding hydrogens is 689 g/mol. The lowest BCUT2D eigenvalue weighted by Crippen LogP contribution is -2.09. The number of benzene rings is 8. The highest BCUT2D eigenvalue weighted by atomic mass is 16.4. The zero-order valence-electron chi connectivity index (χ0n) is 30.1. The molecule has 0 spiro atoms. The summed E-state index contributed by atoms with van der Waals surface area (Å²) >= 11 is 0. The number of fused-ring (bicyclic) bond motifs is 5. The van der Waals surface area contributed by atoms with Gasteiger partial charge in [-0.1, -0.05) is 91.0 Å². The van der Waals surface area contributed by atoms with Crippen LogP contribution in [0.5, 0.6) is 0 Å². The predicted molar refractivity (Wildman–Crippen MR) is 227 cm³/mol. The minimum atomic E-state index is 0.592. The number of hydrogen-bond acceptors (Lipinski definition) is 5. The second-order valence-corrected chi connectivity index (χ2v) is 13.9. The van der Waals surface area contributed by atoms with Gasteiger partial charge >= 0.3 is 0 Å². The molecule has 3 heterocycles. The molecule has 6 nitrogen and oxygen atoms in total. The smallest absolute Gasteiger partial charge is 0.227 e. The standard InChI is InChI=1S/C50H32N4O2/c1-4-12-34(13-5-1)49-51-43-27-25-40(32-48(43)56-49)53(39-26-29-47-44(31-39)52-50(55-47)35-14-6-2-7-15-35)38-23-20-33(21-24-38)36-22-28-46-42(30-36)41-18-10-11-19-45(41)54(46)37-16-8-3-9-17-37/h1-32H. The summed E-state index contributed by atoms with van der Waals surface area (Å²) in [5.41, 5.74) is 13.5. The maximum absolute atomic E-state index is 6.34. The number of para-hydroxylation sites is 2. The first-order valence-corrected chi connectivity index (χ1v) is 18.6. The van der Waals surface area contributed by atoms with E-state index in [0.29, 0.717) is 17.4 Å². The molecule has 56 heavy (non-hydrogen) atoms. The van der Waals surface area contributed by atoms with Crippen LogP contribution < -0.4 is 4.90 Å². The number of aromatic nitrogens is 3. The fraction of sp³-hybridized carbons (Fsp3) is 0. The average molecular weight is 721 g/mol. The number of anilines is 3.